The first-order valence-corrected chi connectivity index (χ1v) is 7.59. The molecule has 2 N–H and O–H groups in total. The van der Waals surface area contributed by atoms with Gasteiger partial charge in [0.2, 0.25) is 5.91 Å². The molecule has 0 saturated carbocycles. The molecule has 0 saturated heterocycles. The highest BCUT2D eigenvalue weighted by molar-refractivity contribution is 9.10. The van der Waals surface area contributed by atoms with Gasteiger partial charge >= 0.3 is 0 Å². The summed E-state index contributed by atoms with van der Waals surface area (Å²) in [4.78, 5) is 31.2. The van der Waals surface area contributed by atoms with E-state index in [1.165, 1.54) is 30.7 Å². The number of aromatic nitrogens is 2. The topological polar surface area (TPSA) is 96.3 Å². The van der Waals surface area contributed by atoms with Gasteiger partial charge in [0, 0.05) is 22.6 Å². The number of rotatable bonds is 5. The summed E-state index contributed by atoms with van der Waals surface area (Å²) in [6.07, 6.45) is 4.02. The van der Waals surface area contributed by atoms with Crippen LogP contribution in [0.4, 0.5) is 10.1 Å². The smallest absolute Gasteiger partial charge is 0.291 e. The lowest BCUT2D eigenvalue weighted by Gasteiger charge is -2.07. The predicted molar refractivity (Wildman–Crippen MR) is 90.0 cm³/mol. The summed E-state index contributed by atoms with van der Waals surface area (Å²) in [5.74, 6) is -1.55. The zero-order chi connectivity index (χ0) is 17.5. The van der Waals surface area contributed by atoms with Crippen LogP contribution in [0.2, 0.25) is 0 Å². The number of anilines is 1. The third-order valence-electron chi connectivity index (χ3n) is 2.77. The van der Waals surface area contributed by atoms with E-state index in [0.29, 0.717) is 10.2 Å². The van der Waals surface area contributed by atoms with Gasteiger partial charge in [-0.3, -0.25) is 14.6 Å². The number of carbonyl (C=O) groups excluding carboxylic acids is 2. The molecule has 2 rings (SSSR count). The zero-order valence-corrected chi connectivity index (χ0v) is 14.2. The monoisotopic (exact) mass is 393 g/mol. The number of carbonyl (C=O) groups is 2. The Kier molecular flexibility index (Phi) is 6.07. The summed E-state index contributed by atoms with van der Waals surface area (Å²) in [6, 6.07) is 4.30. The van der Waals surface area contributed by atoms with Crippen molar-refractivity contribution in [1.29, 1.82) is 0 Å². The van der Waals surface area contributed by atoms with Gasteiger partial charge < -0.3 is 5.32 Å². The highest BCUT2D eigenvalue weighted by Gasteiger charge is 2.10. The number of hydrazone groups is 1. The summed E-state index contributed by atoms with van der Waals surface area (Å²) >= 11 is 3.13. The van der Waals surface area contributed by atoms with Gasteiger partial charge in [0.1, 0.15) is 11.5 Å². The lowest BCUT2D eigenvalue weighted by molar-refractivity contribution is -0.115. The number of hydrogen-bond donors (Lipinski definition) is 2. The molecule has 0 atom stereocenters. The van der Waals surface area contributed by atoms with Crippen molar-refractivity contribution in [2.75, 3.05) is 5.32 Å². The fourth-order valence-electron chi connectivity index (χ4n) is 1.68. The highest BCUT2D eigenvalue weighted by atomic mass is 79.9. The largest absolute Gasteiger partial charge is 0.323 e. The average molecular weight is 394 g/mol. The van der Waals surface area contributed by atoms with Crippen LogP contribution in [0, 0.1) is 5.82 Å². The number of nitrogens with zero attached hydrogens (tertiary/aromatic N) is 3. The summed E-state index contributed by atoms with van der Waals surface area (Å²) in [6.45, 7) is 1.56. The summed E-state index contributed by atoms with van der Waals surface area (Å²) in [5, 5.41) is 6.24. The molecule has 0 fully saturated rings. The van der Waals surface area contributed by atoms with Crippen molar-refractivity contribution in [3.05, 3.63) is 52.8 Å². The van der Waals surface area contributed by atoms with Crippen LogP contribution in [0.3, 0.4) is 0 Å². The maximum absolute atomic E-state index is 13.6. The quantitative estimate of drug-likeness (QED) is 0.602. The minimum atomic E-state index is -0.553. The Morgan fingerprint density at radius 2 is 2.12 bits per heavy atom. The predicted octanol–water partition coefficient (Wildman–Crippen LogP) is 2.51. The van der Waals surface area contributed by atoms with Gasteiger partial charge in [0.15, 0.2) is 0 Å². The number of benzene rings is 1. The number of nitrogens with one attached hydrogen (secondary N) is 2. The Bertz CT molecular complexity index is 783. The first-order chi connectivity index (χ1) is 11.5. The van der Waals surface area contributed by atoms with E-state index < -0.39 is 17.6 Å². The molecule has 2 amide bonds. The molecule has 9 heteroatoms. The first kappa shape index (κ1) is 17.7. The van der Waals surface area contributed by atoms with Crippen LogP contribution in [0.25, 0.3) is 0 Å². The molecule has 24 heavy (non-hydrogen) atoms. The van der Waals surface area contributed by atoms with Crippen LogP contribution in [-0.4, -0.2) is 27.5 Å². The SMILES string of the molecule is C/C(CC(=O)Nc1ccc(Br)cc1F)=N/NC(=O)c1cnccn1. The molecule has 1 aromatic heterocycles. The molecule has 0 aliphatic rings. The van der Waals surface area contributed by atoms with E-state index >= 15 is 0 Å². The fourth-order valence-corrected chi connectivity index (χ4v) is 2.01. The molecular formula is C15H13BrFN5O2. The molecule has 0 bridgehead atoms. The molecule has 1 aromatic carbocycles. The Hall–Kier alpha value is -2.68. The van der Waals surface area contributed by atoms with Crippen LogP contribution in [0.1, 0.15) is 23.8 Å². The summed E-state index contributed by atoms with van der Waals surface area (Å²) in [5.41, 5.74) is 2.80. The first-order valence-electron chi connectivity index (χ1n) is 6.80. The Labute approximate surface area is 145 Å². The van der Waals surface area contributed by atoms with Gasteiger partial charge in [0.05, 0.1) is 18.3 Å². The van der Waals surface area contributed by atoms with Crippen LogP contribution in [-0.2, 0) is 4.79 Å². The van der Waals surface area contributed by atoms with E-state index in [1.54, 1.807) is 13.0 Å². The van der Waals surface area contributed by atoms with Crippen molar-refractivity contribution < 1.29 is 14.0 Å². The molecule has 0 aliphatic heterocycles. The van der Waals surface area contributed by atoms with Gasteiger partial charge in [-0.05, 0) is 25.1 Å². The summed E-state index contributed by atoms with van der Waals surface area (Å²) < 4.78 is 14.2. The number of amides is 2. The third-order valence-corrected chi connectivity index (χ3v) is 3.26. The average Bonchev–Trinajstić information content (AvgIpc) is 2.56. The van der Waals surface area contributed by atoms with E-state index in [1.807, 2.05) is 0 Å². The van der Waals surface area contributed by atoms with Crippen molar-refractivity contribution in [3.8, 4) is 0 Å². The van der Waals surface area contributed by atoms with Crippen molar-refractivity contribution in [1.82, 2.24) is 15.4 Å². The maximum Gasteiger partial charge on any atom is 0.291 e. The summed E-state index contributed by atoms with van der Waals surface area (Å²) in [7, 11) is 0. The van der Waals surface area contributed by atoms with Gasteiger partial charge in [-0.15, -0.1) is 0 Å². The molecule has 0 radical (unpaired) electrons. The molecule has 124 valence electrons. The molecular weight excluding hydrogens is 381 g/mol. The minimum Gasteiger partial charge on any atom is -0.323 e. The third kappa shape index (κ3) is 5.20. The van der Waals surface area contributed by atoms with E-state index in [-0.39, 0.29) is 17.8 Å². The number of hydrogen-bond acceptors (Lipinski definition) is 5. The Morgan fingerprint density at radius 1 is 1.33 bits per heavy atom. The standard InChI is InChI=1S/C15H13BrFN5O2/c1-9(21-22-15(24)13-8-18-4-5-19-13)6-14(23)20-12-3-2-10(16)7-11(12)17/h2-5,7-8H,6H2,1H3,(H,20,23)(H,22,24)/b21-9-. The second-order valence-electron chi connectivity index (χ2n) is 4.73. The molecule has 2 aromatic rings. The van der Waals surface area contributed by atoms with Crippen LogP contribution < -0.4 is 10.7 Å². The fraction of sp³-hybridized carbons (Fsp3) is 0.133. The molecule has 7 nitrogen and oxygen atoms in total. The van der Waals surface area contributed by atoms with Gasteiger partial charge in [0.25, 0.3) is 5.91 Å². The number of halogens is 2. The van der Waals surface area contributed by atoms with E-state index in [2.05, 4.69) is 41.7 Å². The highest BCUT2D eigenvalue weighted by Crippen LogP contribution is 2.19. The van der Waals surface area contributed by atoms with E-state index in [0.717, 1.165) is 0 Å². The zero-order valence-electron chi connectivity index (χ0n) is 12.6. The Balaban J connectivity index is 1.90. The van der Waals surface area contributed by atoms with Crippen molar-refractivity contribution in [2.24, 2.45) is 5.10 Å². The molecule has 0 spiro atoms. The van der Waals surface area contributed by atoms with Crippen LogP contribution in [0.5, 0.6) is 0 Å². The minimum absolute atomic E-state index is 0.0691. The normalized spacial score (nSPS) is 11.0. The van der Waals surface area contributed by atoms with Crippen LogP contribution in [0.15, 0.2) is 46.4 Å². The van der Waals surface area contributed by atoms with Crippen molar-refractivity contribution in [3.63, 3.8) is 0 Å². The lowest BCUT2D eigenvalue weighted by Crippen LogP contribution is -2.22. The molecule has 1 heterocycles. The second-order valence-corrected chi connectivity index (χ2v) is 5.64. The van der Waals surface area contributed by atoms with Crippen molar-refractivity contribution in [2.45, 2.75) is 13.3 Å². The van der Waals surface area contributed by atoms with Gasteiger partial charge in [-0.1, -0.05) is 15.9 Å². The second kappa shape index (κ2) is 8.25. The van der Waals surface area contributed by atoms with Gasteiger partial charge in [-0.25, -0.2) is 14.8 Å². The Morgan fingerprint density at radius 3 is 2.79 bits per heavy atom. The molecule has 0 unspecified atom stereocenters. The van der Waals surface area contributed by atoms with E-state index in [4.69, 9.17) is 0 Å². The van der Waals surface area contributed by atoms with Gasteiger partial charge in [-0.2, -0.15) is 5.10 Å². The molecule has 0 aliphatic carbocycles. The maximum atomic E-state index is 13.6. The lowest BCUT2D eigenvalue weighted by atomic mass is 10.2. The van der Waals surface area contributed by atoms with Crippen LogP contribution >= 0.6 is 15.9 Å². The van der Waals surface area contributed by atoms with E-state index in [9.17, 15) is 14.0 Å². The van der Waals surface area contributed by atoms with Crippen molar-refractivity contribution >= 4 is 39.1 Å².